The van der Waals surface area contributed by atoms with Gasteiger partial charge in [-0.25, -0.2) is 4.39 Å². The Morgan fingerprint density at radius 1 is 1.73 bits per heavy atom. The van der Waals surface area contributed by atoms with Gasteiger partial charge in [-0.15, -0.1) is 0 Å². The lowest BCUT2D eigenvalue weighted by Gasteiger charge is -2.25. The van der Waals surface area contributed by atoms with Crippen LogP contribution in [0, 0.1) is 5.92 Å². The lowest BCUT2D eigenvalue weighted by Crippen LogP contribution is -2.32. The molecular formula is C8H16FNO. The molecule has 1 aliphatic heterocycles. The Bertz CT molecular complexity index is 121. The highest BCUT2D eigenvalue weighted by Crippen LogP contribution is 2.31. The molecule has 2 N–H and O–H groups in total. The number of alkyl halides is 1. The SMILES string of the molecule is CC(F)(CCN)C1CCOC1. The number of nitrogens with two attached hydrogens (primary N) is 1. The average molecular weight is 161 g/mol. The molecule has 0 amide bonds. The van der Waals surface area contributed by atoms with Crippen molar-refractivity contribution >= 4 is 0 Å². The molecule has 0 saturated carbocycles. The van der Waals surface area contributed by atoms with E-state index < -0.39 is 5.67 Å². The maximum Gasteiger partial charge on any atom is 0.114 e. The van der Waals surface area contributed by atoms with Gasteiger partial charge in [-0.2, -0.15) is 0 Å². The van der Waals surface area contributed by atoms with Crippen molar-refractivity contribution in [1.82, 2.24) is 0 Å². The highest BCUT2D eigenvalue weighted by molar-refractivity contribution is 4.85. The van der Waals surface area contributed by atoms with Gasteiger partial charge >= 0.3 is 0 Å². The molecule has 0 radical (unpaired) electrons. The van der Waals surface area contributed by atoms with Gasteiger partial charge < -0.3 is 10.5 Å². The van der Waals surface area contributed by atoms with E-state index in [9.17, 15) is 4.39 Å². The van der Waals surface area contributed by atoms with E-state index in [0.717, 1.165) is 6.42 Å². The number of rotatable bonds is 3. The highest BCUT2D eigenvalue weighted by Gasteiger charge is 2.35. The summed E-state index contributed by atoms with van der Waals surface area (Å²) in [4.78, 5) is 0. The zero-order valence-corrected chi connectivity index (χ0v) is 6.98. The van der Waals surface area contributed by atoms with Crippen LogP contribution in [0.3, 0.4) is 0 Å². The van der Waals surface area contributed by atoms with Crippen molar-refractivity contribution < 1.29 is 9.13 Å². The van der Waals surface area contributed by atoms with Gasteiger partial charge in [0, 0.05) is 12.5 Å². The van der Waals surface area contributed by atoms with E-state index in [4.69, 9.17) is 10.5 Å². The second-order valence-electron chi connectivity index (χ2n) is 3.38. The van der Waals surface area contributed by atoms with Crippen LogP contribution in [-0.2, 0) is 4.74 Å². The Balaban J connectivity index is 2.41. The maximum absolute atomic E-state index is 13.6. The Kier molecular flexibility index (Phi) is 2.84. The van der Waals surface area contributed by atoms with Crippen molar-refractivity contribution in [1.29, 1.82) is 0 Å². The first-order valence-corrected chi connectivity index (χ1v) is 4.13. The summed E-state index contributed by atoms with van der Waals surface area (Å²) in [5.41, 5.74) is 4.18. The molecular weight excluding hydrogens is 145 g/mol. The third-order valence-electron chi connectivity index (χ3n) is 2.41. The zero-order chi connectivity index (χ0) is 8.32. The van der Waals surface area contributed by atoms with E-state index in [2.05, 4.69) is 0 Å². The van der Waals surface area contributed by atoms with Gasteiger partial charge in [0.2, 0.25) is 0 Å². The molecule has 0 aromatic heterocycles. The van der Waals surface area contributed by atoms with E-state index in [1.807, 2.05) is 0 Å². The van der Waals surface area contributed by atoms with Crippen molar-refractivity contribution in [3.8, 4) is 0 Å². The second kappa shape index (κ2) is 3.50. The Hall–Kier alpha value is -0.150. The number of hydrogen-bond acceptors (Lipinski definition) is 2. The van der Waals surface area contributed by atoms with Crippen molar-refractivity contribution in [3.63, 3.8) is 0 Å². The predicted molar refractivity (Wildman–Crippen MR) is 42.1 cm³/mol. The molecule has 0 aromatic carbocycles. The van der Waals surface area contributed by atoms with E-state index in [-0.39, 0.29) is 5.92 Å². The summed E-state index contributed by atoms with van der Waals surface area (Å²) >= 11 is 0. The fourth-order valence-electron chi connectivity index (χ4n) is 1.50. The van der Waals surface area contributed by atoms with E-state index in [0.29, 0.717) is 26.2 Å². The molecule has 1 saturated heterocycles. The monoisotopic (exact) mass is 161 g/mol. The summed E-state index contributed by atoms with van der Waals surface area (Å²) < 4.78 is 18.7. The van der Waals surface area contributed by atoms with Gasteiger partial charge in [0.25, 0.3) is 0 Å². The molecule has 0 bridgehead atoms. The zero-order valence-electron chi connectivity index (χ0n) is 6.98. The minimum Gasteiger partial charge on any atom is -0.381 e. The normalized spacial score (nSPS) is 30.3. The van der Waals surface area contributed by atoms with Gasteiger partial charge in [0.15, 0.2) is 0 Å². The minimum atomic E-state index is -1.12. The van der Waals surface area contributed by atoms with Crippen molar-refractivity contribution in [3.05, 3.63) is 0 Å². The van der Waals surface area contributed by atoms with Crippen molar-refractivity contribution in [2.24, 2.45) is 11.7 Å². The molecule has 66 valence electrons. The van der Waals surface area contributed by atoms with Crippen LogP contribution in [-0.4, -0.2) is 25.4 Å². The van der Waals surface area contributed by atoms with Gasteiger partial charge in [0.1, 0.15) is 5.67 Å². The third kappa shape index (κ3) is 2.14. The third-order valence-corrected chi connectivity index (χ3v) is 2.41. The smallest absolute Gasteiger partial charge is 0.114 e. The molecule has 2 atom stereocenters. The molecule has 0 aliphatic carbocycles. The molecule has 1 rings (SSSR count). The van der Waals surface area contributed by atoms with Crippen LogP contribution in [0.5, 0.6) is 0 Å². The fraction of sp³-hybridized carbons (Fsp3) is 1.00. The van der Waals surface area contributed by atoms with Crippen LogP contribution in [0.15, 0.2) is 0 Å². The first-order chi connectivity index (χ1) is 5.17. The van der Waals surface area contributed by atoms with Gasteiger partial charge in [-0.1, -0.05) is 0 Å². The van der Waals surface area contributed by atoms with Crippen molar-refractivity contribution in [2.45, 2.75) is 25.4 Å². The molecule has 1 fully saturated rings. The second-order valence-corrected chi connectivity index (χ2v) is 3.38. The summed E-state index contributed by atoms with van der Waals surface area (Å²) in [6.07, 6.45) is 1.29. The topological polar surface area (TPSA) is 35.2 Å². The van der Waals surface area contributed by atoms with Gasteiger partial charge in [-0.05, 0) is 26.3 Å². The molecule has 0 spiro atoms. The van der Waals surface area contributed by atoms with Crippen LogP contribution >= 0.6 is 0 Å². The van der Waals surface area contributed by atoms with Gasteiger partial charge in [0.05, 0.1) is 6.61 Å². The lowest BCUT2D eigenvalue weighted by atomic mass is 9.87. The van der Waals surface area contributed by atoms with Gasteiger partial charge in [-0.3, -0.25) is 0 Å². The molecule has 1 heterocycles. The summed E-state index contributed by atoms with van der Waals surface area (Å²) in [5, 5.41) is 0. The van der Waals surface area contributed by atoms with Crippen LogP contribution in [0.4, 0.5) is 4.39 Å². The van der Waals surface area contributed by atoms with Crippen LogP contribution in [0.1, 0.15) is 19.8 Å². The van der Waals surface area contributed by atoms with Crippen LogP contribution in [0.25, 0.3) is 0 Å². The minimum absolute atomic E-state index is 0.0612. The van der Waals surface area contributed by atoms with E-state index in [1.165, 1.54) is 0 Å². The Labute approximate surface area is 66.9 Å². The quantitative estimate of drug-likeness (QED) is 0.672. The summed E-state index contributed by atoms with van der Waals surface area (Å²) in [5.74, 6) is 0.0612. The molecule has 2 unspecified atom stereocenters. The molecule has 3 heteroatoms. The van der Waals surface area contributed by atoms with Crippen LogP contribution in [0.2, 0.25) is 0 Å². The number of ether oxygens (including phenoxy) is 1. The fourth-order valence-corrected chi connectivity index (χ4v) is 1.50. The largest absolute Gasteiger partial charge is 0.381 e. The standard InChI is InChI=1S/C8H16FNO/c1-8(9,3-4-10)7-2-5-11-6-7/h7H,2-6,10H2,1H3. The summed E-state index contributed by atoms with van der Waals surface area (Å²) in [6, 6.07) is 0. The number of hydrogen-bond donors (Lipinski definition) is 1. The molecule has 1 aliphatic rings. The first kappa shape index (κ1) is 8.94. The first-order valence-electron chi connectivity index (χ1n) is 4.13. The number of halogens is 1. The Morgan fingerprint density at radius 3 is 2.91 bits per heavy atom. The summed E-state index contributed by atoms with van der Waals surface area (Å²) in [6.45, 7) is 3.31. The van der Waals surface area contributed by atoms with Crippen LogP contribution < -0.4 is 5.73 Å². The molecule has 11 heavy (non-hydrogen) atoms. The summed E-state index contributed by atoms with van der Waals surface area (Å²) in [7, 11) is 0. The molecule has 0 aromatic rings. The van der Waals surface area contributed by atoms with E-state index in [1.54, 1.807) is 6.92 Å². The average Bonchev–Trinajstić information content (AvgIpc) is 2.37. The highest BCUT2D eigenvalue weighted by atomic mass is 19.1. The van der Waals surface area contributed by atoms with Crippen molar-refractivity contribution in [2.75, 3.05) is 19.8 Å². The Morgan fingerprint density at radius 2 is 2.45 bits per heavy atom. The maximum atomic E-state index is 13.6. The predicted octanol–water partition coefficient (Wildman–Crippen LogP) is 1.10. The van der Waals surface area contributed by atoms with E-state index >= 15 is 0 Å². The molecule has 2 nitrogen and oxygen atoms in total. The lowest BCUT2D eigenvalue weighted by molar-refractivity contribution is 0.0781.